The topological polar surface area (TPSA) is 94.2 Å². The minimum absolute atomic E-state index is 0.0541. The molecule has 1 atom stereocenters. The first kappa shape index (κ1) is 23.8. The van der Waals surface area contributed by atoms with Gasteiger partial charge in [0.15, 0.2) is 0 Å². The molecule has 180 valence electrons. The Kier molecular flexibility index (Phi) is 7.30. The predicted octanol–water partition coefficient (Wildman–Crippen LogP) is 4.05. The second kappa shape index (κ2) is 10.7. The van der Waals surface area contributed by atoms with Crippen molar-refractivity contribution in [2.45, 2.75) is 13.0 Å². The zero-order valence-electron chi connectivity index (χ0n) is 19.5. The fourth-order valence-electron chi connectivity index (χ4n) is 3.85. The van der Waals surface area contributed by atoms with Gasteiger partial charge >= 0.3 is 5.97 Å². The predicted molar refractivity (Wildman–Crippen MR) is 131 cm³/mol. The molecule has 4 rings (SSSR count). The molecule has 0 bridgehead atoms. The molecule has 0 aliphatic carbocycles. The van der Waals surface area contributed by atoms with Gasteiger partial charge in [0.25, 0.3) is 5.91 Å². The van der Waals surface area contributed by atoms with Gasteiger partial charge in [-0.1, -0.05) is 24.3 Å². The summed E-state index contributed by atoms with van der Waals surface area (Å²) in [5.41, 5.74) is 2.51. The minimum Gasteiger partial charge on any atom is -0.497 e. The highest BCUT2D eigenvalue weighted by Gasteiger charge is 2.37. The second-order valence-corrected chi connectivity index (χ2v) is 8.06. The number of methoxy groups -OCH3 is 2. The Morgan fingerprint density at radius 2 is 1.66 bits per heavy atom. The average molecular weight is 475 g/mol. The Balaban J connectivity index is 1.30. The number of nitrogens with one attached hydrogen (secondary N) is 1. The van der Waals surface area contributed by atoms with Crippen LogP contribution >= 0.6 is 0 Å². The van der Waals surface area contributed by atoms with Crippen LogP contribution in [0.3, 0.4) is 0 Å². The van der Waals surface area contributed by atoms with Crippen molar-refractivity contribution in [1.82, 2.24) is 0 Å². The van der Waals surface area contributed by atoms with E-state index >= 15 is 0 Å². The largest absolute Gasteiger partial charge is 0.497 e. The van der Waals surface area contributed by atoms with Gasteiger partial charge in [-0.2, -0.15) is 0 Å². The van der Waals surface area contributed by atoms with Gasteiger partial charge in [-0.25, -0.2) is 0 Å². The summed E-state index contributed by atoms with van der Waals surface area (Å²) in [7, 11) is 3.12. The van der Waals surface area contributed by atoms with E-state index in [1.807, 2.05) is 12.1 Å². The standard InChI is InChI=1S/C27H26N2O6/c1-33-22-13-11-21(12-14-22)28-26(31)19-9-7-18(8-10-19)17-35-27(32)20-15-25(30)29(16-20)23-5-3-4-6-24(23)34-2/h3-14,20H,15-17H2,1-2H3,(H,28,31). The summed E-state index contributed by atoms with van der Waals surface area (Å²) in [6, 6.07) is 21.1. The lowest BCUT2D eigenvalue weighted by molar-refractivity contribution is -0.149. The lowest BCUT2D eigenvalue weighted by Gasteiger charge is -2.19. The van der Waals surface area contributed by atoms with Crippen molar-refractivity contribution in [2.24, 2.45) is 5.92 Å². The Hall–Kier alpha value is -4.33. The molecule has 8 nitrogen and oxygen atoms in total. The fraction of sp³-hybridized carbons (Fsp3) is 0.222. The molecule has 1 heterocycles. The van der Waals surface area contributed by atoms with Crippen LogP contribution in [0.4, 0.5) is 11.4 Å². The van der Waals surface area contributed by atoms with E-state index in [1.165, 1.54) is 0 Å². The monoisotopic (exact) mass is 474 g/mol. The van der Waals surface area contributed by atoms with E-state index in [9.17, 15) is 14.4 Å². The normalized spacial score (nSPS) is 15.0. The summed E-state index contributed by atoms with van der Waals surface area (Å²) in [6.07, 6.45) is 0.0847. The van der Waals surface area contributed by atoms with Crippen molar-refractivity contribution in [1.29, 1.82) is 0 Å². The van der Waals surface area contributed by atoms with Gasteiger partial charge in [0, 0.05) is 24.2 Å². The number of carbonyl (C=O) groups is 3. The van der Waals surface area contributed by atoms with Crippen molar-refractivity contribution in [3.63, 3.8) is 0 Å². The summed E-state index contributed by atoms with van der Waals surface area (Å²) in [5, 5.41) is 2.82. The van der Waals surface area contributed by atoms with Crippen LogP contribution in [0.1, 0.15) is 22.3 Å². The summed E-state index contributed by atoms with van der Waals surface area (Å²) in [5.74, 6) is -0.107. The number of carbonyl (C=O) groups excluding carboxylic acids is 3. The minimum atomic E-state index is -0.554. The molecule has 1 saturated heterocycles. The molecule has 8 heteroatoms. The molecular formula is C27H26N2O6. The number of rotatable bonds is 8. The number of ether oxygens (including phenoxy) is 3. The highest BCUT2D eigenvalue weighted by molar-refractivity contribution is 6.04. The number of hydrogen-bond acceptors (Lipinski definition) is 6. The van der Waals surface area contributed by atoms with Gasteiger partial charge in [0.2, 0.25) is 5.91 Å². The van der Waals surface area contributed by atoms with Crippen LogP contribution in [-0.4, -0.2) is 38.5 Å². The zero-order chi connectivity index (χ0) is 24.8. The molecule has 1 aliphatic rings. The van der Waals surface area contributed by atoms with Crippen molar-refractivity contribution in [2.75, 3.05) is 31.0 Å². The van der Waals surface area contributed by atoms with E-state index in [0.717, 1.165) is 5.56 Å². The summed E-state index contributed by atoms with van der Waals surface area (Å²) in [6.45, 7) is 0.293. The third-order valence-corrected chi connectivity index (χ3v) is 5.78. The molecule has 3 aromatic carbocycles. The van der Waals surface area contributed by atoms with Crippen LogP contribution in [-0.2, 0) is 20.9 Å². The molecule has 0 radical (unpaired) electrons. The number of para-hydroxylation sites is 2. The van der Waals surface area contributed by atoms with E-state index in [-0.39, 0.29) is 31.4 Å². The number of hydrogen-bond donors (Lipinski definition) is 1. The highest BCUT2D eigenvalue weighted by Crippen LogP contribution is 2.33. The molecule has 2 amide bonds. The van der Waals surface area contributed by atoms with Crippen LogP contribution in [0.5, 0.6) is 11.5 Å². The average Bonchev–Trinajstić information content (AvgIpc) is 3.29. The van der Waals surface area contributed by atoms with E-state index in [0.29, 0.717) is 28.4 Å². The van der Waals surface area contributed by atoms with Crippen molar-refractivity contribution >= 4 is 29.2 Å². The van der Waals surface area contributed by atoms with Crippen LogP contribution in [0, 0.1) is 5.92 Å². The SMILES string of the molecule is COc1ccc(NC(=O)c2ccc(COC(=O)C3CC(=O)N(c4ccccc4OC)C3)cc2)cc1. The van der Waals surface area contributed by atoms with Gasteiger partial charge in [-0.15, -0.1) is 0 Å². The fourth-order valence-corrected chi connectivity index (χ4v) is 3.85. The van der Waals surface area contributed by atoms with Crippen molar-refractivity contribution < 1.29 is 28.6 Å². The first-order valence-corrected chi connectivity index (χ1v) is 11.1. The molecule has 3 aromatic rings. The number of nitrogens with zero attached hydrogens (tertiary/aromatic N) is 1. The Morgan fingerprint density at radius 1 is 0.943 bits per heavy atom. The second-order valence-electron chi connectivity index (χ2n) is 8.06. The van der Waals surface area contributed by atoms with Crippen molar-refractivity contribution in [3.05, 3.63) is 83.9 Å². The van der Waals surface area contributed by atoms with Gasteiger partial charge in [0.05, 0.1) is 25.8 Å². The number of amides is 2. The molecule has 0 aromatic heterocycles. The maximum absolute atomic E-state index is 12.6. The first-order valence-electron chi connectivity index (χ1n) is 11.1. The number of anilines is 2. The number of benzene rings is 3. The lowest BCUT2D eigenvalue weighted by atomic mass is 10.1. The summed E-state index contributed by atoms with van der Waals surface area (Å²) < 4.78 is 15.9. The van der Waals surface area contributed by atoms with E-state index in [2.05, 4.69) is 5.32 Å². The van der Waals surface area contributed by atoms with Crippen molar-refractivity contribution in [3.8, 4) is 11.5 Å². The smallest absolute Gasteiger partial charge is 0.311 e. The van der Waals surface area contributed by atoms with Crippen LogP contribution < -0.4 is 19.7 Å². The van der Waals surface area contributed by atoms with E-state index in [4.69, 9.17) is 14.2 Å². The maximum Gasteiger partial charge on any atom is 0.311 e. The summed E-state index contributed by atoms with van der Waals surface area (Å²) in [4.78, 5) is 39.2. The van der Waals surface area contributed by atoms with Gasteiger partial charge in [-0.3, -0.25) is 14.4 Å². The molecule has 1 N–H and O–H groups in total. The Labute approximate surface area is 203 Å². The Bertz CT molecular complexity index is 1210. The van der Waals surface area contributed by atoms with Crippen LogP contribution in [0.25, 0.3) is 0 Å². The molecule has 1 fully saturated rings. The maximum atomic E-state index is 12.6. The van der Waals surface area contributed by atoms with Gasteiger partial charge in [0.1, 0.15) is 18.1 Å². The van der Waals surface area contributed by atoms with Crippen LogP contribution in [0.15, 0.2) is 72.8 Å². The van der Waals surface area contributed by atoms with Crippen LogP contribution in [0.2, 0.25) is 0 Å². The highest BCUT2D eigenvalue weighted by atomic mass is 16.5. The Morgan fingerprint density at radius 3 is 2.34 bits per heavy atom. The third kappa shape index (κ3) is 5.60. The molecule has 1 aliphatic heterocycles. The lowest BCUT2D eigenvalue weighted by Crippen LogP contribution is -2.26. The van der Waals surface area contributed by atoms with Gasteiger partial charge < -0.3 is 24.4 Å². The zero-order valence-corrected chi connectivity index (χ0v) is 19.5. The quantitative estimate of drug-likeness (QED) is 0.495. The molecule has 0 spiro atoms. The first-order chi connectivity index (χ1) is 17.0. The number of esters is 1. The summed E-state index contributed by atoms with van der Waals surface area (Å²) >= 11 is 0. The molecule has 0 saturated carbocycles. The molecule has 35 heavy (non-hydrogen) atoms. The van der Waals surface area contributed by atoms with Gasteiger partial charge in [-0.05, 0) is 54.1 Å². The molecule has 1 unspecified atom stereocenters. The third-order valence-electron chi connectivity index (χ3n) is 5.78. The van der Waals surface area contributed by atoms with E-state index in [1.54, 1.807) is 79.8 Å². The molecular weight excluding hydrogens is 448 g/mol. The van der Waals surface area contributed by atoms with E-state index < -0.39 is 11.9 Å².